The van der Waals surface area contributed by atoms with E-state index in [9.17, 15) is 9.18 Å². The number of benzene rings is 2. The first-order valence-corrected chi connectivity index (χ1v) is 10.7. The van der Waals surface area contributed by atoms with Gasteiger partial charge < -0.3 is 9.30 Å². The van der Waals surface area contributed by atoms with E-state index in [0.29, 0.717) is 24.1 Å². The molecule has 0 spiro atoms. The van der Waals surface area contributed by atoms with Gasteiger partial charge in [0.1, 0.15) is 5.82 Å². The summed E-state index contributed by atoms with van der Waals surface area (Å²) in [7, 11) is 1.39. The summed E-state index contributed by atoms with van der Waals surface area (Å²) in [4.78, 5) is 14.2. The quantitative estimate of drug-likeness (QED) is 0.427. The number of carbonyl (C=O) groups excluding carboxylic acids is 1. The van der Waals surface area contributed by atoms with Crippen molar-refractivity contribution in [3.05, 3.63) is 95.1 Å². The number of hydrogen-bond donors (Lipinski definition) is 0. The molecule has 0 aliphatic rings. The number of esters is 1. The molecule has 0 saturated carbocycles. The molecule has 0 aliphatic heterocycles. The first-order valence-electron chi connectivity index (χ1n) is 10.7. The van der Waals surface area contributed by atoms with Gasteiger partial charge in [0.25, 0.3) is 0 Å². The minimum atomic E-state index is -0.322. The lowest BCUT2D eigenvalue weighted by atomic mass is 10.0. The van der Waals surface area contributed by atoms with Crippen LogP contribution in [0.15, 0.2) is 66.9 Å². The van der Waals surface area contributed by atoms with Gasteiger partial charge in [0, 0.05) is 37.6 Å². The highest BCUT2D eigenvalue weighted by atomic mass is 19.1. The third-order valence-electron chi connectivity index (χ3n) is 5.86. The van der Waals surface area contributed by atoms with Gasteiger partial charge in [-0.2, -0.15) is 0 Å². The zero-order chi connectivity index (χ0) is 22.4. The van der Waals surface area contributed by atoms with E-state index >= 15 is 0 Å². The summed E-state index contributed by atoms with van der Waals surface area (Å²) >= 11 is 0. The monoisotopic (exact) mass is 422 g/mol. The van der Waals surface area contributed by atoms with Crippen LogP contribution in [0.3, 0.4) is 0 Å². The van der Waals surface area contributed by atoms with Gasteiger partial charge in [-0.1, -0.05) is 38.1 Å². The molecule has 1 aromatic heterocycles. The summed E-state index contributed by atoms with van der Waals surface area (Å²) in [6.45, 7) is 9.00. The predicted octanol–water partition coefficient (Wildman–Crippen LogP) is 5.51. The molecule has 0 N–H and O–H groups in total. The Balaban J connectivity index is 1.77. The van der Waals surface area contributed by atoms with Crippen molar-refractivity contribution < 1.29 is 13.9 Å². The van der Waals surface area contributed by atoms with Crippen molar-refractivity contribution in [3.63, 3.8) is 0 Å². The number of halogens is 1. The Morgan fingerprint density at radius 2 is 1.61 bits per heavy atom. The minimum Gasteiger partial charge on any atom is -0.465 e. The Hall–Kier alpha value is -2.92. The van der Waals surface area contributed by atoms with Gasteiger partial charge in [0.05, 0.1) is 12.7 Å². The van der Waals surface area contributed by atoms with Crippen LogP contribution < -0.4 is 0 Å². The van der Waals surface area contributed by atoms with Crippen LogP contribution in [-0.2, 0) is 24.4 Å². The van der Waals surface area contributed by atoms with Crippen LogP contribution >= 0.6 is 0 Å². The Labute approximate surface area is 184 Å². The van der Waals surface area contributed by atoms with Crippen LogP contribution in [-0.4, -0.2) is 28.6 Å². The Morgan fingerprint density at radius 1 is 0.968 bits per heavy atom. The van der Waals surface area contributed by atoms with Gasteiger partial charge in [-0.15, -0.1) is 0 Å². The molecule has 0 saturated heterocycles. The van der Waals surface area contributed by atoms with Crippen LogP contribution in [0.1, 0.15) is 48.0 Å². The molecule has 0 radical (unpaired) electrons. The molecular formula is C26H31FN2O2. The number of methoxy groups -OCH3 is 1. The Kier molecular flexibility index (Phi) is 7.64. The van der Waals surface area contributed by atoms with Crippen molar-refractivity contribution in [2.45, 2.75) is 46.4 Å². The predicted molar refractivity (Wildman–Crippen MR) is 121 cm³/mol. The zero-order valence-corrected chi connectivity index (χ0v) is 18.7. The smallest absolute Gasteiger partial charge is 0.337 e. The molecular weight excluding hydrogens is 391 g/mol. The molecule has 31 heavy (non-hydrogen) atoms. The van der Waals surface area contributed by atoms with Crippen LogP contribution in [0, 0.1) is 11.7 Å². The second-order valence-electron chi connectivity index (χ2n) is 8.33. The third kappa shape index (κ3) is 6.05. The maximum atomic E-state index is 13.2. The van der Waals surface area contributed by atoms with Crippen molar-refractivity contribution in [1.29, 1.82) is 0 Å². The van der Waals surface area contributed by atoms with Gasteiger partial charge in [-0.3, -0.25) is 4.90 Å². The van der Waals surface area contributed by atoms with Gasteiger partial charge in [0.2, 0.25) is 0 Å². The normalized spacial score (nSPS) is 12.4. The van der Waals surface area contributed by atoms with E-state index in [1.54, 1.807) is 0 Å². The summed E-state index contributed by atoms with van der Waals surface area (Å²) < 4.78 is 20.2. The van der Waals surface area contributed by atoms with Crippen molar-refractivity contribution in [2.24, 2.45) is 5.92 Å². The molecule has 1 heterocycles. The fourth-order valence-electron chi connectivity index (χ4n) is 3.61. The van der Waals surface area contributed by atoms with E-state index < -0.39 is 0 Å². The van der Waals surface area contributed by atoms with E-state index in [0.717, 1.165) is 24.2 Å². The largest absolute Gasteiger partial charge is 0.465 e. The number of carbonyl (C=O) groups is 1. The number of aromatic nitrogens is 1. The molecule has 3 aromatic rings. The number of nitrogens with zero attached hydrogens (tertiary/aromatic N) is 2. The molecule has 3 rings (SSSR count). The van der Waals surface area contributed by atoms with Crippen LogP contribution in [0.25, 0.3) is 0 Å². The molecule has 1 atom stereocenters. The highest BCUT2D eigenvalue weighted by Crippen LogP contribution is 2.20. The lowest BCUT2D eigenvalue weighted by Crippen LogP contribution is -2.36. The molecule has 164 valence electrons. The van der Waals surface area contributed by atoms with E-state index in [1.165, 1.54) is 24.9 Å². The van der Waals surface area contributed by atoms with Crippen molar-refractivity contribution in [3.8, 4) is 0 Å². The molecule has 0 fully saturated rings. The number of hydrogen-bond acceptors (Lipinski definition) is 3. The Bertz CT molecular complexity index is 977. The first-order chi connectivity index (χ1) is 14.9. The topological polar surface area (TPSA) is 34.5 Å². The summed E-state index contributed by atoms with van der Waals surface area (Å²) in [6.07, 6.45) is 2.07. The highest BCUT2D eigenvalue weighted by molar-refractivity contribution is 5.89. The second-order valence-corrected chi connectivity index (χ2v) is 8.33. The van der Waals surface area contributed by atoms with Crippen molar-refractivity contribution in [1.82, 2.24) is 9.47 Å². The molecule has 0 aliphatic carbocycles. The highest BCUT2D eigenvalue weighted by Gasteiger charge is 2.19. The molecule has 0 bridgehead atoms. The van der Waals surface area contributed by atoms with Crippen molar-refractivity contribution >= 4 is 5.97 Å². The van der Waals surface area contributed by atoms with E-state index in [-0.39, 0.29) is 11.8 Å². The fourth-order valence-corrected chi connectivity index (χ4v) is 3.61. The van der Waals surface area contributed by atoms with Crippen LogP contribution in [0.2, 0.25) is 0 Å². The average Bonchev–Trinajstić information content (AvgIpc) is 3.20. The van der Waals surface area contributed by atoms with Gasteiger partial charge in [-0.05, 0) is 60.4 Å². The minimum absolute atomic E-state index is 0.216. The summed E-state index contributed by atoms with van der Waals surface area (Å²) in [5.74, 6) is -0.0425. The maximum Gasteiger partial charge on any atom is 0.337 e. The molecule has 4 nitrogen and oxygen atoms in total. The van der Waals surface area contributed by atoms with Crippen molar-refractivity contribution in [2.75, 3.05) is 7.11 Å². The second kappa shape index (κ2) is 10.4. The van der Waals surface area contributed by atoms with E-state index in [2.05, 4.69) is 48.6 Å². The van der Waals surface area contributed by atoms with E-state index in [4.69, 9.17) is 4.74 Å². The SMILES string of the molecule is COC(=O)c1ccc(CN(Cc2cccn2Cc2ccc(F)cc2)C(C)C(C)C)cc1. The summed E-state index contributed by atoms with van der Waals surface area (Å²) in [6, 6.07) is 18.8. The number of ether oxygens (including phenoxy) is 1. The standard InChI is InChI=1S/C26H31FN2O2/c1-19(2)20(3)29(17-21-7-11-23(12-8-21)26(30)31-4)18-25-6-5-15-28(25)16-22-9-13-24(27)14-10-22/h5-15,19-20H,16-18H2,1-4H3. The third-order valence-corrected chi connectivity index (χ3v) is 5.86. The molecule has 1 unspecified atom stereocenters. The Morgan fingerprint density at radius 3 is 2.23 bits per heavy atom. The summed E-state index contributed by atoms with van der Waals surface area (Å²) in [5, 5.41) is 0. The lowest BCUT2D eigenvalue weighted by Gasteiger charge is -2.32. The van der Waals surface area contributed by atoms with Gasteiger partial charge in [0.15, 0.2) is 0 Å². The van der Waals surface area contributed by atoms with Crippen LogP contribution in [0.4, 0.5) is 4.39 Å². The zero-order valence-electron chi connectivity index (χ0n) is 18.7. The van der Waals surface area contributed by atoms with Crippen LogP contribution in [0.5, 0.6) is 0 Å². The average molecular weight is 423 g/mol. The molecule has 5 heteroatoms. The molecule has 2 aromatic carbocycles. The van der Waals surface area contributed by atoms with E-state index in [1.807, 2.05) is 36.4 Å². The summed E-state index contributed by atoms with van der Waals surface area (Å²) in [5.41, 5.74) is 3.99. The molecule has 0 amide bonds. The first kappa shape index (κ1) is 22.8. The van der Waals surface area contributed by atoms with Gasteiger partial charge >= 0.3 is 5.97 Å². The number of rotatable bonds is 9. The maximum absolute atomic E-state index is 13.2. The lowest BCUT2D eigenvalue weighted by molar-refractivity contribution is 0.0600. The fraction of sp³-hybridized carbons (Fsp3) is 0.346. The van der Waals surface area contributed by atoms with Gasteiger partial charge in [-0.25, -0.2) is 9.18 Å².